The number of aliphatic hydroxyl groups excluding tert-OH is 1. The topological polar surface area (TPSA) is 393 Å². The summed E-state index contributed by atoms with van der Waals surface area (Å²) in [4.78, 5) is 119. The Morgan fingerprint density at radius 1 is 0.765 bits per heavy atom. The minimum atomic E-state index is -1.48. The molecule has 1 saturated heterocycles. The zero-order valence-corrected chi connectivity index (χ0v) is 40.4. The second kappa shape index (κ2) is 35.3. The molecule has 0 aromatic carbocycles. The first-order chi connectivity index (χ1) is 32.3. The van der Waals surface area contributed by atoms with Gasteiger partial charge in [0.2, 0.25) is 47.3 Å². The van der Waals surface area contributed by atoms with Gasteiger partial charge in [0.25, 0.3) is 0 Å². The molecular formula is C43H77N13O11S. The quantitative estimate of drug-likeness (QED) is 0.0318. The molecule has 1 heterocycles. The van der Waals surface area contributed by atoms with Gasteiger partial charge in [-0.15, -0.1) is 0 Å². The lowest BCUT2D eigenvalue weighted by Gasteiger charge is -2.26. The maximum atomic E-state index is 14.1. The molecule has 0 radical (unpaired) electrons. The van der Waals surface area contributed by atoms with E-state index in [4.69, 9.17) is 34.5 Å². The van der Waals surface area contributed by atoms with E-state index in [0.29, 0.717) is 77.3 Å². The van der Waals surface area contributed by atoms with Crippen molar-refractivity contribution in [2.75, 3.05) is 32.7 Å². The van der Waals surface area contributed by atoms with Crippen LogP contribution in [0.25, 0.3) is 0 Å². The predicted molar refractivity (Wildman–Crippen MR) is 257 cm³/mol. The molecule has 25 heteroatoms. The van der Waals surface area contributed by atoms with Crippen molar-refractivity contribution in [3.63, 3.8) is 0 Å². The largest absolute Gasteiger partial charge is 0.481 e. The van der Waals surface area contributed by atoms with Gasteiger partial charge in [0.05, 0.1) is 12.5 Å². The van der Waals surface area contributed by atoms with Crippen molar-refractivity contribution in [3.8, 4) is 0 Å². The highest BCUT2D eigenvalue weighted by atomic mass is 32.1. The smallest absolute Gasteiger partial charge is 0.305 e. The summed E-state index contributed by atoms with van der Waals surface area (Å²) in [5.41, 5.74) is 16.4. The minimum absolute atomic E-state index is 0.0303. The highest BCUT2D eigenvalue weighted by Gasteiger charge is 2.31. The van der Waals surface area contributed by atoms with Crippen molar-refractivity contribution in [1.82, 2.24) is 47.9 Å². The van der Waals surface area contributed by atoms with E-state index >= 15 is 0 Å². The van der Waals surface area contributed by atoms with E-state index in [-0.39, 0.29) is 87.5 Å². The standard InChI is InChI=1S/C43H77N13O11S/c1-27(57)37(38(44)64)56-41(67)32-17-8-11-22-48-34(60)19-6-4-3-5-18-33(59)47-21-10-7-15-30(52-28(2)58)39(65)53-29(14-13-24-49-42(45)46)26-35(61)54-31(40(66)55-32)16-9-12-23-50-43(68)51-25-20-36(62)63/h27,29-32,37,57H,3-26H2,1-2H3,(H2,44,64)(H,47,59)(H,48,60)(H,52,58)(H,53,65)(H,54,61)(H,55,66)(H,56,67)(H,62,63)(H4,45,46,49)(H2,50,51,68)/t27-,29+,30+,31+,32+,37+/m1/s1. The number of hydrogen-bond donors (Lipinski definition) is 14. The number of rotatable bonds is 17. The average Bonchev–Trinajstić information content (AvgIpc) is 3.25. The van der Waals surface area contributed by atoms with Crippen molar-refractivity contribution in [2.45, 2.75) is 172 Å². The van der Waals surface area contributed by atoms with Crippen molar-refractivity contribution >= 4 is 76.5 Å². The number of thiocarbonyl (C=S) groups is 1. The van der Waals surface area contributed by atoms with Crippen LogP contribution >= 0.6 is 12.2 Å². The average molecular weight is 984 g/mol. The Labute approximate surface area is 403 Å². The first-order valence-corrected chi connectivity index (χ1v) is 24.0. The monoisotopic (exact) mass is 984 g/mol. The van der Waals surface area contributed by atoms with Gasteiger partial charge < -0.3 is 75.3 Å². The lowest BCUT2D eigenvalue weighted by atomic mass is 10.0. The van der Waals surface area contributed by atoms with E-state index in [9.17, 15) is 48.3 Å². The van der Waals surface area contributed by atoms with Crippen LogP contribution in [0.3, 0.4) is 0 Å². The second-order valence-corrected chi connectivity index (χ2v) is 17.3. The Balaban J connectivity index is 3.48. The molecule has 68 heavy (non-hydrogen) atoms. The Morgan fingerprint density at radius 3 is 1.96 bits per heavy atom. The SMILES string of the molecule is CC(=O)N[C@H]1CCCCNC(=O)CCCCCCC(=O)NCCCC[C@@H](C(=O)N[C@H](C(N)=O)[C@@H](C)O)NC(=O)[C@H](CCCCNC(=S)NCCC(=O)O)NC(=O)C[C@H](CCCN=C(N)N)NC1=O. The molecule has 1 aliphatic rings. The van der Waals surface area contributed by atoms with E-state index in [1.165, 1.54) is 13.8 Å². The molecule has 1 rings (SSSR count). The number of carboxylic acids is 1. The third-order valence-electron chi connectivity index (χ3n) is 10.7. The van der Waals surface area contributed by atoms with Gasteiger partial charge >= 0.3 is 5.97 Å². The van der Waals surface area contributed by atoms with Crippen molar-refractivity contribution < 1.29 is 53.4 Å². The summed E-state index contributed by atoms with van der Waals surface area (Å²) < 4.78 is 0. The Kier molecular flexibility index (Phi) is 31.2. The number of carboxylic acid groups (broad SMARTS) is 1. The van der Waals surface area contributed by atoms with E-state index < -0.39 is 77.7 Å². The number of nitrogens with zero attached hydrogens (tertiary/aromatic N) is 1. The highest BCUT2D eigenvalue weighted by molar-refractivity contribution is 7.80. The van der Waals surface area contributed by atoms with Gasteiger partial charge in [-0.3, -0.25) is 48.1 Å². The zero-order chi connectivity index (χ0) is 50.9. The van der Waals surface area contributed by atoms with Crippen molar-refractivity contribution in [1.29, 1.82) is 0 Å². The van der Waals surface area contributed by atoms with E-state index in [1.54, 1.807) is 0 Å². The number of aliphatic imine (C=N–C) groups is 1. The number of primary amides is 1. The number of hydrogen-bond acceptors (Lipinski definition) is 12. The summed E-state index contributed by atoms with van der Waals surface area (Å²) in [6, 6.07) is -5.79. The fourth-order valence-electron chi connectivity index (χ4n) is 7.08. The molecule has 0 aromatic rings. The van der Waals surface area contributed by atoms with Gasteiger partial charge in [-0.2, -0.15) is 0 Å². The number of guanidine groups is 1. The number of amides is 8. The van der Waals surface area contributed by atoms with Gasteiger partial charge in [-0.05, 0) is 103 Å². The molecule has 24 nitrogen and oxygen atoms in total. The number of unbranched alkanes of at least 4 members (excludes halogenated alkanes) is 1. The predicted octanol–water partition coefficient (Wildman–Crippen LogP) is -2.22. The summed E-state index contributed by atoms with van der Waals surface area (Å²) in [6.45, 7) is 3.79. The van der Waals surface area contributed by atoms with Crippen LogP contribution in [0.4, 0.5) is 0 Å². The molecule has 8 amide bonds. The van der Waals surface area contributed by atoms with E-state index in [0.717, 1.165) is 12.8 Å². The van der Waals surface area contributed by atoms with E-state index in [1.807, 2.05) is 0 Å². The normalized spacial score (nSPS) is 21.4. The summed E-state index contributed by atoms with van der Waals surface area (Å²) in [7, 11) is 0. The third-order valence-corrected chi connectivity index (χ3v) is 11.0. The summed E-state index contributed by atoms with van der Waals surface area (Å²) in [5.74, 6) is -5.65. The fraction of sp³-hybridized carbons (Fsp3) is 0.744. The molecule has 0 spiro atoms. The van der Waals surface area contributed by atoms with Crippen LogP contribution in [0.2, 0.25) is 0 Å². The summed E-state index contributed by atoms with van der Waals surface area (Å²) in [6.07, 6.45) is 4.94. The second-order valence-electron chi connectivity index (χ2n) is 16.8. The number of nitrogens with one attached hydrogen (secondary N) is 9. The fourth-order valence-corrected chi connectivity index (χ4v) is 7.29. The molecule has 0 bridgehead atoms. The maximum Gasteiger partial charge on any atom is 0.305 e. The molecule has 17 N–H and O–H groups in total. The van der Waals surface area contributed by atoms with E-state index in [2.05, 4.69) is 52.8 Å². The first kappa shape index (κ1) is 60.2. The van der Waals surface area contributed by atoms with Crippen LogP contribution in [0, 0.1) is 0 Å². The van der Waals surface area contributed by atoms with Crippen LogP contribution in [-0.2, 0) is 43.2 Å². The lowest BCUT2D eigenvalue weighted by Crippen LogP contribution is -2.58. The molecule has 1 fully saturated rings. The van der Waals surface area contributed by atoms with Crippen LogP contribution in [-0.4, -0.2) is 144 Å². The molecule has 1 aliphatic heterocycles. The van der Waals surface area contributed by atoms with Gasteiger partial charge in [0.1, 0.15) is 24.2 Å². The molecule has 0 saturated carbocycles. The maximum absolute atomic E-state index is 14.1. The van der Waals surface area contributed by atoms with Gasteiger partial charge in [0, 0.05) is 65.0 Å². The van der Waals surface area contributed by atoms with Crippen LogP contribution in [0.15, 0.2) is 4.99 Å². The number of aliphatic hydroxyl groups is 1. The van der Waals surface area contributed by atoms with Gasteiger partial charge in [0.15, 0.2) is 11.1 Å². The van der Waals surface area contributed by atoms with Crippen molar-refractivity contribution in [2.24, 2.45) is 22.2 Å². The number of carbonyl (C=O) groups is 9. The Morgan fingerprint density at radius 2 is 1.38 bits per heavy atom. The lowest BCUT2D eigenvalue weighted by molar-refractivity contribution is -0.137. The first-order valence-electron chi connectivity index (χ1n) is 23.6. The third kappa shape index (κ3) is 29.7. The van der Waals surface area contributed by atoms with Crippen molar-refractivity contribution in [3.05, 3.63) is 0 Å². The molecular weight excluding hydrogens is 907 g/mol. The van der Waals surface area contributed by atoms with Crippen LogP contribution in [0.5, 0.6) is 0 Å². The summed E-state index contributed by atoms with van der Waals surface area (Å²) >= 11 is 5.20. The summed E-state index contributed by atoms with van der Waals surface area (Å²) in [5, 5.41) is 44.1. The van der Waals surface area contributed by atoms with Crippen LogP contribution < -0.4 is 65.1 Å². The molecule has 0 aromatic heterocycles. The molecule has 386 valence electrons. The molecule has 0 unspecified atom stereocenters. The Hall–Kier alpha value is -5.85. The highest BCUT2D eigenvalue weighted by Crippen LogP contribution is 2.11. The molecule has 6 atom stereocenters. The zero-order valence-electron chi connectivity index (χ0n) is 39.6. The number of nitrogens with two attached hydrogens (primary N) is 3. The number of aliphatic carboxylic acids is 1. The Bertz CT molecular complexity index is 1680. The van der Waals surface area contributed by atoms with Gasteiger partial charge in [-0.25, -0.2) is 0 Å². The minimum Gasteiger partial charge on any atom is -0.481 e. The number of carbonyl (C=O) groups excluding carboxylic acids is 8. The molecule has 0 aliphatic carbocycles. The van der Waals surface area contributed by atoms with Gasteiger partial charge in [-0.1, -0.05) is 12.8 Å². The van der Waals surface area contributed by atoms with Crippen LogP contribution in [0.1, 0.15) is 136 Å².